The third-order valence-corrected chi connectivity index (χ3v) is 29.8. The number of allylic oxidation sites excluding steroid dienone is 6. The number of aryl methyl sites for hydroxylation is 6. The van der Waals surface area contributed by atoms with Gasteiger partial charge in [-0.05, 0) is 263 Å². The Morgan fingerprint density at radius 2 is 0.608 bits per heavy atom. The van der Waals surface area contributed by atoms with E-state index in [2.05, 4.69) is 307 Å². The number of nitrogens with zero attached hydrogens (tertiary/aromatic N) is 3. The maximum absolute atomic E-state index is 11.7. The molecule has 3 N–H and O–H groups in total. The van der Waals surface area contributed by atoms with Crippen molar-refractivity contribution in [2.24, 2.45) is 53.3 Å². The summed E-state index contributed by atoms with van der Waals surface area (Å²) < 4.78 is 0. The van der Waals surface area contributed by atoms with E-state index in [0.29, 0.717) is 42.4 Å². The number of rotatable bonds is 32. The molecule has 3 aliphatic rings. The molecule has 12 aromatic rings. The number of aliphatic hydroxyl groups excluding tert-OH is 3. The van der Waals surface area contributed by atoms with Gasteiger partial charge >= 0.3 is 0 Å². The summed E-state index contributed by atoms with van der Waals surface area (Å²) in [7, 11) is 0. The van der Waals surface area contributed by atoms with Crippen LogP contribution in [0.1, 0.15) is 340 Å². The standard InChI is InChI=1S/3C32H34N.C13H24O2.2C11H20O2.3Ir/c3*1-7-32(8-2)28-12-10-9-11-25(28)27-18-26-23(13-20(3)4)17-30(33-31(26)19-29(27)32)24-15-21(5)14-22(6)16-24;1-5-10(6-2)12(14)9-13(15)11(7-3)8-4;1-8(2)5-10(12)7-11(13)6-9(3)4;1-5-8(3)10(12)7-11(13)9(4)6-2;;;/h3*9-12,14-15,17-20H,7-8,13H2,1-6H3;9-11,14H,5-8H2,1-4H3;2*7-9,12H,5-6H2,1-4H3;;;/q3*-1;;;;;;. The molecule has 0 amide bonds. The molecule has 0 saturated carbocycles. The molecule has 0 bridgehead atoms. The summed E-state index contributed by atoms with van der Waals surface area (Å²) in [4.78, 5) is 50.0. The zero-order chi connectivity index (χ0) is 103. The molecule has 12 heteroatoms. The van der Waals surface area contributed by atoms with Crippen molar-refractivity contribution in [1.82, 2.24) is 15.0 Å². The molecule has 3 aromatic heterocycles. The van der Waals surface area contributed by atoms with Crippen LogP contribution in [0.15, 0.2) is 199 Å². The minimum absolute atomic E-state index is 0. The Balaban J connectivity index is 0.000000243. The quantitative estimate of drug-likeness (QED) is 0.0213. The summed E-state index contributed by atoms with van der Waals surface area (Å²) in [6.45, 7) is 64.4. The molecule has 9 aromatic carbocycles. The second kappa shape index (κ2) is 54.5. The van der Waals surface area contributed by atoms with Crippen LogP contribution in [0.4, 0.5) is 0 Å². The van der Waals surface area contributed by atoms with Gasteiger partial charge in [0.05, 0.1) is 33.8 Å². The Morgan fingerprint density at radius 1 is 0.315 bits per heavy atom. The third kappa shape index (κ3) is 28.6. The molecular weight excluding hydrogens is 2290 g/mol. The Kier molecular flexibility index (Phi) is 46.0. The van der Waals surface area contributed by atoms with Crippen LogP contribution in [0.2, 0.25) is 0 Å². The molecule has 9 nitrogen and oxygen atoms in total. The predicted molar refractivity (Wildman–Crippen MR) is 596 cm³/mol. The second-order valence-electron chi connectivity index (χ2n) is 42.7. The van der Waals surface area contributed by atoms with Crippen molar-refractivity contribution < 1.29 is 90.0 Å². The molecular formula is C131H166Ir3N3O6-3. The van der Waals surface area contributed by atoms with E-state index in [0.717, 1.165) is 163 Å². The molecule has 143 heavy (non-hydrogen) atoms. The third-order valence-electron chi connectivity index (χ3n) is 29.8. The van der Waals surface area contributed by atoms with E-state index in [1.807, 2.05) is 83.1 Å². The largest absolute Gasteiger partial charge is 0.512 e. The van der Waals surface area contributed by atoms with Gasteiger partial charge in [-0.3, -0.25) is 29.3 Å². The van der Waals surface area contributed by atoms with Crippen molar-refractivity contribution in [2.45, 2.75) is 333 Å². The van der Waals surface area contributed by atoms with Crippen molar-refractivity contribution in [1.29, 1.82) is 0 Å². The fourth-order valence-corrected chi connectivity index (χ4v) is 21.8. The number of benzene rings is 9. The van der Waals surface area contributed by atoms with Crippen LogP contribution in [-0.2, 0) is 110 Å². The number of hydrogen-bond acceptors (Lipinski definition) is 9. The van der Waals surface area contributed by atoms with Crippen molar-refractivity contribution in [3.63, 3.8) is 0 Å². The molecule has 15 rings (SSSR count). The zero-order valence-corrected chi connectivity index (χ0v) is 99.1. The maximum Gasteiger partial charge on any atom is 0.162 e. The Bertz CT molecular complexity index is 5870. The van der Waals surface area contributed by atoms with Gasteiger partial charge in [0.2, 0.25) is 0 Å². The monoisotopic (exact) mass is 2460 g/mol. The number of carbonyl (C=O) groups is 3. The van der Waals surface area contributed by atoms with Gasteiger partial charge in [-0.1, -0.05) is 299 Å². The van der Waals surface area contributed by atoms with Gasteiger partial charge in [-0.15, -0.1) is 105 Å². The van der Waals surface area contributed by atoms with E-state index in [4.69, 9.17) is 15.0 Å². The SMILES string of the molecule is CC(C)CC(=O)C=C(O)CC(C)C.CCC(C)C(=O)C=C(O)C(C)CC.CCC(CC)C(=O)C=C(O)C(CC)CC.CCC1(CC)c2ccccc2-c2cc3c(CC(C)C)cc(-c4[c-]c(C)cc(C)c4)nc3cc21.CCC1(CC)c2ccccc2-c2cc3c(CC(C)C)cc(-c4[c-]c(C)cc(C)c4)nc3cc21.CCC1(CC)c2ccccc2-c2cc3c(CC(C)C)cc(-c4[c-]c(C)cc(C)c4)nc3cc21.[Ir].[Ir].[Ir]. The smallest absolute Gasteiger partial charge is 0.162 e. The Labute approximate surface area is 902 Å². The number of ketones is 3. The molecule has 2 atom stereocenters. The average molecular weight is 2460 g/mol. The average Bonchev–Trinajstić information content (AvgIpc) is 1.57. The predicted octanol–water partition coefficient (Wildman–Crippen LogP) is 35.9. The summed E-state index contributed by atoms with van der Waals surface area (Å²) in [6.07, 6.45) is 20.2. The first-order valence-corrected chi connectivity index (χ1v) is 53.2. The van der Waals surface area contributed by atoms with Gasteiger partial charge in [0.25, 0.3) is 0 Å². The molecule has 3 aliphatic carbocycles. The number of hydrogen-bond donors (Lipinski definition) is 3. The summed E-state index contributed by atoms with van der Waals surface area (Å²) in [5, 5.41) is 32.5. The fraction of sp³-hybridized carbons (Fsp3) is 0.450. The Hall–Kier alpha value is -9.21. The van der Waals surface area contributed by atoms with Crippen LogP contribution in [0.25, 0.3) is 99.9 Å². The van der Waals surface area contributed by atoms with Crippen LogP contribution < -0.4 is 0 Å². The van der Waals surface area contributed by atoms with Crippen LogP contribution in [0.3, 0.4) is 0 Å². The van der Waals surface area contributed by atoms with E-state index in [9.17, 15) is 29.7 Å². The van der Waals surface area contributed by atoms with Crippen molar-refractivity contribution in [2.75, 3.05) is 0 Å². The minimum Gasteiger partial charge on any atom is -0.512 e. The topological polar surface area (TPSA) is 151 Å². The zero-order valence-electron chi connectivity index (χ0n) is 91.9. The van der Waals surface area contributed by atoms with Gasteiger partial charge in [-0.2, -0.15) is 0 Å². The first-order valence-electron chi connectivity index (χ1n) is 53.2. The fourth-order valence-electron chi connectivity index (χ4n) is 21.8. The molecule has 0 aliphatic heterocycles. The van der Waals surface area contributed by atoms with Crippen molar-refractivity contribution in [3.8, 4) is 67.2 Å². The van der Waals surface area contributed by atoms with Crippen LogP contribution >= 0.6 is 0 Å². The van der Waals surface area contributed by atoms with E-state index in [-0.39, 0.29) is 135 Å². The first kappa shape index (κ1) is 121. The second-order valence-corrected chi connectivity index (χ2v) is 42.7. The van der Waals surface area contributed by atoms with Gasteiger partial charge in [0, 0.05) is 147 Å². The van der Waals surface area contributed by atoms with Crippen LogP contribution in [0, 0.1) is 113 Å². The molecule has 3 heterocycles. The Morgan fingerprint density at radius 3 is 0.874 bits per heavy atom. The molecule has 0 saturated heterocycles. The molecule has 2 unspecified atom stereocenters. The number of aliphatic hydroxyl groups is 3. The molecule has 771 valence electrons. The van der Waals surface area contributed by atoms with Gasteiger partial charge in [0.1, 0.15) is 0 Å². The number of fused-ring (bicyclic) bond motifs is 12. The molecule has 3 radical (unpaired) electrons. The van der Waals surface area contributed by atoms with E-state index >= 15 is 0 Å². The van der Waals surface area contributed by atoms with Crippen molar-refractivity contribution in [3.05, 3.63) is 301 Å². The van der Waals surface area contributed by atoms with Crippen molar-refractivity contribution >= 4 is 50.1 Å². The van der Waals surface area contributed by atoms with Gasteiger partial charge in [-0.25, -0.2) is 0 Å². The van der Waals surface area contributed by atoms with E-state index < -0.39 is 0 Å². The normalized spacial score (nSPS) is 13.7. The maximum atomic E-state index is 11.7. The minimum atomic E-state index is 0. The van der Waals surface area contributed by atoms with E-state index in [1.165, 1.54) is 135 Å². The molecule has 0 spiro atoms. The van der Waals surface area contributed by atoms with Gasteiger partial charge in [0.15, 0.2) is 17.3 Å². The number of pyridine rings is 3. The summed E-state index contributed by atoms with van der Waals surface area (Å²) in [6, 6.07) is 72.4. The first-order chi connectivity index (χ1) is 66.6. The molecule has 0 fully saturated rings. The van der Waals surface area contributed by atoms with Crippen LogP contribution in [0.5, 0.6) is 0 Å². The summed E-state index contributed by atoms with van der Waals surface area (Å²) in [5.74, 6) is 3.62. The van der Waals surface area contributed by atoms with Crippen LogP contribution in [-0.4, -0.2) is 47.6 Å². The summed E-state index contributed by atoms with van der Waals surface area (Å²) in [5.41, 5.74) is 38.6. The number of aromatic nitrogens is 3. The van der Waals surface area contributed by atoms with Gasteiger partial charge < -0.3 is 15.3 Å². The van der Waals surface area contributed by atoms with E-state index in [1.54, 1.807) is 0 Å². The number of carbonyl (C=O) groups excluding carboxylic acids is 3. The summed E-state index contributed by atoms with van der Waals surface area (Å²) >= 11 is 0.